The van der Waals surface area contributed by atoms with Gasteiger partial charge in [0.05, 0.1) is 0 Å². The average molecular weight is 175 g/mol. The van der Waals surface area contributed by atoms with Gasteiger partial charge in [0.1, 0.15) is 0 Å². The fraction of sp³-hybridized carbons (Fsp3) is 0.182. The molecule has 0 saturated heterocycles. The molecule has 2 heteroatoms. The Morgan fingerprint density at radius 1 is 1.62 bits per heavy atom. The summed E-state index contributed by atoms with van der Waals surface area (Å²) in [5.41, 5.74) is 1.64. The smallest absolute Gasteiger partial charge is 0.251 e. The Morgan fingerprint density at radius 2 is 2.38 bits per heavy atom. The Labute approximate surface area is 78.3 Å². The highest BCUT2D eigenvalue weighted by Gasteiger charge is 2.02. The molecule has 68 valence electrons. The first kappa shape index (κ1) is 9.52. The zero-order valence-electron chi connectivity index (χ0n) is 7.71. The monoisotopic (exact) mass is 175 g/mol. The number of hydrogen-bond donors (Lipinski definition) is 1. The van der Waals surface area contributed by atoms with Crippen molar-refractivity contribution in [2.75, 3.05) is 6.54 Å². The molecule has 1 N–H and O–H groups in total. The first-order chi connectivity index (χ1) is 6.27. The Balaban J connectivity index is 2.88. The molecular weight excluding hydrogens is 162 g/mol. The van der Waals surface area contributed by atoms with Gasteiger partial charge in [-0.05, 0) is 24.6 Å². The van der Waals surface area contributed by atoms with Crippen LogP contribution < -0.4 is 5.32 Å². The molecule has 0 aliphatic heterocycles. The van der Waals surface area contributed by atoms with Gasteiger partial charge in [-0.2, -0.15) is 0 Å². The van der Waals surface area contributed by atoms with Crippen molar-refractivity contribution in [2.45, 2.75) is 6.92 Å². The van der Waals surface area contributed by atoms with E-state index in [9.17, 15) is 4.79 Å². The third-order valence-electron chi connectivity index (χ3n) is 1.72. The summed E-state index contributed by atoms with van der Waals surface area (Å²) in [5, 5.41) is 2.74. The molecule has 0 radical (unpaired) electrons. The maximum Gasteiger partial charge on any atom is 0.251 e. The van der Waals surface area contributed by atoms with Crippen LogP contribution in [0.15, 0.2) is 30.8 Å². The minimum atomic E-state index is -0.0359. The standard InChI is InChI=1S/C11H13NO/c1-3-9-6-5-7-10(8-9)11(13)12-4-2/h3,5-8H,1,4H2,2H3,(H,12,13). The number of benzene rings is 1. The largest absolute Gasteiger partial charge is 0.352 e. The van der Waals surface area contributed by atoms with Crippen molar-refractivity contribution in [1.29, 1.82) is 0 Å². The fourth-order valence-electron chi connectivity index (χ4n) is 1.07. The van der Waals surface area contributed by atoms with Crippen LogP contribution in [0, 0.1) is 0 Å². The molecule has 1 aromatic carbocycles. The quantitative estimate of drug-likeness (QED) is 0.748. The van der Waals surface area contributed by atoms with Gasteiger partial charge in [0.15, 0.2) is 0 Å². The Hall–Kier alpha value is -1.57. The van der Waals surface area contributed by atoms with Crippen molar-refractivity contribution in [2.24, 2.45) is 0 Å². The van der Waals surface area contributed by atoms with Gasteiger partial charge < -0.3 is 5.32 Å². The van der Waals surface area contributed by atoms with Crippen molar-refractivity contribution in [3.63, 3.8) is 0 Å². The zero-order chi connectivity index (χ0) is 9.68. The van der Waals surface area contributed by atoms with Crippen LogP contribution in [-0.2, 0) is 0 Å². The van der Waals surface area contributed by atoms with Crippen molar-refractivity contribution < 1.29 is 4.79 Å². The van der Waals surface area contributed by atoms with Crippen LogP contribution in [0.3, 0.4) is 0 Å². The van der Waals surface area contributed by atoms with E-state index in [4.69, 9.17) is 0 Å². The summed E-state index contributed by atoms with van der Waals surface area (Å²) >= 11 is 0. The number of hydrogen-bond acceptors (Lipinski definition) is 1. The molecule has 0 aliphatic rings. The van der Waals surface area contributed by atoms with Crippen LogP contribution in [0.2, 0.25) is 0 Å². The van der Waals surface area contributed by atoms with E-state index in [1.165, 1.54) is 0 Å². The fourth-order valence-corrected chi connectivity index (χ4v) is 1.07. The second-order valence-corrected chi connectivity index (χ2v) is 2.69. The summed E-state index contributed by atoms with van der Waals surface area (Å²) in [7, 11) is 0. The number of carbonyl (C=O) groups is 1. The van der Waals surface area contributed by atoms with Crippen molar-refractivity contribution >= 4 is 12.0 Å². The van der Waals surface area contributed by atoms with Gasteiger partial charge in [0.25, 0.3) is 5.91 Å². The van der Waals surface area contributed by atoms with Crippen LogP contribution >= 0.6 is 0 Å². The molecule has 0 spiro atoms. The highest BCUT2D eigenvalue weighted by molar-refractivity contribution is 5.94. The second-order valence-electron chi connectivity index (χ2n) is 2.69. The summed E-state index contributed by atoms with van der Waals surface area (Å²) in [6.07, 6.45) is 1.72. The number of carbonyl (C=O) groups excluding carboxylic acids is 1. The highest BCUT2D eigenvalue weighted by Crippen LogP contribution is 2.05. The SMILES string of the molecule is C=Cc1cccc(C(=O)NCC)c1. The van der Waals surface area contributed by atoms with Gasteiger partial charge in [-0.25, -0.2) is 0 Å². The first-order valence-electron chi connectivity index (χ1n) is 4.28. The van der Waals surface area contributed by atoms with E-state index < -0.39 is 0 Å². The molecule has 0 saturated carbocycles. The summed E-state index contributed by atoms with van der Waals surface area (Å²) in [6.45, 7) is 6.19. The molecule has 0 unspecified atom stereocenters. The minimum Gasteiger partial charge on any atom is -0.352 e. The molecule has 0 fully saturated rings. The molecule has 1 amide bonds. The Bertz CT molecular complexity index is 318. The zero-order valence-corrected chi connectivity index (χ0v) is 7.71. The summed E-state index contributed by atoms with van der Waals surface area (Å²) in [6, 6.07) is 7.37. The first-order valence-corrected chi connectivity index (χ1v) is 4.28. The van der Waals surface area contributed by atoms with E-state index in [0.717, 1.165) is 5.56 Å². The highest BCUT2D eigenvalue weighted by atomic mass is 16.1. The minimum absolute atomic E-state index is 0.0359. The van der Waals surface area contributed by atoms with E-state index in [1.807, 2.05) is 25.1 Å². The van der Waals surface area contributed by atoms with E-state index in [1.54, 1.807) is 12.1 Å². The summed E-state index contributed by atoms with van der Waals surface area (Å²) in [5.74, 6) is -0.0359. The third-order valence-corrected chi connectivity index (χ3v) is 1.72. The maximum atomic E-state index is 11.4. The normalized spacial score (nSPS) is 9.31. The van der Waals surface area contributed by atoms with Gasteiger partial charge in [0, 0.05) is 12.1 Å². The van der Waals surface area contributed by atoms with Crippen molar-refractivity contribution in [1.82, 2.24) is 5.32 Å². The molecule has 0 aliphatic carbocycles. The lowest BCUT2D eigenvalue weighted by molar-refractivity contribution is 0.0956. The topological polar surface area (TPSA) is 29.1 Å². The molecule has 0 atom stereocenters. The molecule has 2 nitrogen and oxygen atoms in total. The van der Waals surface area contributed by atoms with Gasteiger partial charge in [-0.15, -0.1) is 0 Å². The number of amides is 1. The number of nitrogens with one attached hydrogen (secondary N) is 1. The van der Waals surface area contributed by atoms with E-state index >= 15 is 0 Å². The lowest BCUT2D eigenvalue weighted by Crippen LogP contribution is -2.22. The average Bonchev–Trinajstić information content (AvgIpc) is 2.18. The molecule has 0 heterocycles. The molecule has 1 aromatic rings. The summed E-state index contributed by atoms with van der Waals surface area (Å²) in [4.78, 5) is 11.4. The Kier molecular flexibility index (Phi) is 3.26. The maximum absolute atomic E-state index is 11.4. The third kappa shape index (κ3) is 2.44. The van der Waals surface area contributed by atoms with Crippen LogP contribution in [0.25, 0.3) is 6.08 Å². The second kappa shape index (κ2) is 4.45. The molecule has 1 rings (SSSR count). The molecule has 0 aromatic heterocycles. The molecule has 13 heavy (non-hydrogen) atoms. The predicted octanol–water partition coefficient (Wildman–Crippen LogP) is 2.08. The van der Waals surface area contributed by atoms with Gasteiger partial charge in [-0.3, -0.25) is 4.79 Å². The van der Waals surface area contributed by atoms with Crippen LogP contribution in [0.5, 0.6) is 0 Å². The van der Waals surface area contributed by atoms with Crippen LogP contribution in [0.4, 0.5) is 0 Å². The van der Waals surface area contributed by atoms with Crippen molar-refractivity contribution in [3.8, 4) is 0 Å². The van der Waals surface area contributed by atoms with Gasteiger partial charge in [0.2, 0.25) is 0 Å². The van der Waals surface area contributed by atoms with E-state index in [2.05, 4.69) is 11.9 Å². The molecular formula is C11H13NO. The van der Waals surface area contributed by atoms with Crippen LogP contribution in [-0.4, -0.2) is 12.5 Å². The summed E-state index contributed by atoms with van der Waals surface area (Å²) < 4.78 is 0. The number of rotatable bonds is 3. The predicted molar refractivity (Wildman–Crippen MR) is 54.5 cm³/mol. The van der Waals surface area contributed by atoms with Crippen LogP contribution in [0.1, 0.15) is 22.8 Å². The van der Waals surface area contributed by atoms with E-state index in [-0.39, 0.29) is 5.91 Å². The van der Waals surface area contributed by atoms with Gasteiger partial charge in [-0.1, -0.05) is 24.8 Å². The lowest BCUT2D eigenvalue weighted by atomic mass is 10.1. The van der Waals surface area contributed by atoms with Gasteiger partial charge >= 0.3 is 0 Å². The van der Waals surface area contributed by atoms with Crippen molar-refractivity contribution in [3.05, 3.63) is 42.0 Å². The lowest BCUT2D eigenvalue weighted by Gasteiger charge is -2.02. The Morgan fingerprint density at radius 3 is 3.00 bits per heavy atom. The molecule has 0 bridgehead atoms. The van der Waals surface area contributed by atoms with E-state index in [0.29, 0.717) is 12.1 Å².